The summed E-state index contributed by atoms with van der Waals surface area (Å²) < 4.78 is 0. The molecule has 142 valence electrons. The first-order valence-corrected chi connectivity index (χ1v) is 9.13. The Morgan fingerprint density at radius 2 is 1.86 bits per heavy atom. The highest BCUT2D eigenvalue weighted by atomic mass is 16.2. The molecule has 7 nitrogen and oxygen atoms in total. The van der Waals surface area contributed by atoms with Crippen LogP contribution in [0.25, 0.3) is 0 Å². The molecule has 1 fully saturated rings. The van der Waals surface area contributed by atoms with Crippen LogP contribution in [-0.2, 0) is 22.7 Å². The van der Waals surface area contributed by atoms with Gasteiger partial charge < -0.3 is 10.2 Å². The quantitative estimate of drug-likeness (QED) is 0.787. The van der Waals surface area contributed by atoms with Crippen molar-refractivity contribution in [1.82, 2.24) is 15.5 Å². The van der Waals surface area contributed by atoms with Gasteiger partial charge in [0.15, 0.2) is 0 Å². The SMILES string of the molecule is O=C1CCC(N2Cc3c(CNC(=O)c4ccccc4)cccc3C2=O)C(=O)N1. The van der Waals surface area contributed by atoms with Crippen LogP contribution in [0.1, 0.15) is 44.7 Å². The van der Waals surface area contributed by atoms with Crippen molar-refractivity contribution < 1.29 is 19.2 Å². The maximum atomic E-state index is 12.8. The van der Waals surface area contributed by atoms with Crippen molar-refractivity contribution in [3.8, 4) is 0 Å². The number of rotatable bonds is 4. The number of nitrogens with zero attached hydrogens (tertiary/aromatic N) is 1. The summed E-state index contributed by atoms with van der Waals surface area (Å²) in [5, 5.41) is 5.17. The number of fused-ring (bicyclic) bond motifs is 1. The molecule has 2 aromatic rings. The molecule has 0 radical (unpaired) electrons. The van der Waals surface area contributed by atoms with Crippen LogP contribution in [0.5, 0.6) is 0 Å². The summed E-state index contributed by atoms with van der Waals surface area (Å²) in [6.45, 7) is 0.575. The minimum atomic E-state index is -0.649. The van der Waals surface area contributed by atoms with E-state index in [1.807, 2.05) is 12.1 Å². The Labute approximate surface area is 161 Å². The summed E-state index contributed by atoms with van der Waals surface area (Å²) in [5.41, 5.74) is 2.75. The first-order valence-electron chi connectivity index (χ1n) is 9.13. The molecule has 28 heavy (non-hydrogen) atoms. The fourth-order valence-corrected chi connectivity index (χ4v) is 3.68. The Morgan fingerprint density at radius 3 is 2.61 bits per heavy atom. The van der Waals surface area contributed by atoms with E-state index < -0.39 is 11.9 Å². The first-order chi connectivity index (χ1) is 13.5. The highest BCUT2D eigenvalue weighted by molar-refractivity contribution is 6.05. The molecule has 4 amide bonds. The fourth-order valence-electron chi connectivity index (χ4n) is 3.68. The molecule has 1 saturated heterocycles. The maximum absolute atomic E-state index is 12.8. The van der Waals surface area contributed by atoms with Crippen molar-refractivity contribution in [2.75, 3.05) is 0 Å². The number of carbonyl (C=O) groups is 4. The largest absolute Gasteiger partial charge is 0.348 e. The van der Waals surface area contributed by atoms with Gasteiger partial charge in [-0.25, -0.2) is 0 Å². The molecule has 1 unspecified atom stereocenters. The lowest BCUT2D eigenvalue weighted by Crippen LogP contribution is -2.52. The number of amides is 4. The van der Waals surface area contributed by atoms with Gasteiger partial charge in [0.25, 0.3) is 11.8 Å². The zero-order valence-corrected chi connectivity index (χ0v) is 15.1. The summed E-state index contributed by atoms with van der Waals surface area (Å²) >= 11 is 0. The molecule has 2 aliphatic heterocycles. The average Bonchev–Trinajstić information content (AvgIpc) is 3.04. The van der Waals surface area contributed by atoms with E-state index in [0.717, 1.165) is 11.1 Å². The normalized spacial score (nSPS) is 18.6. The highest BCUT2D eigenvalue weighted by Crippen LogP contribution is 2.29. The lowest BCUT2D eigenvalue weighted by molar-refractivity contribution is -0.136. The average molecular weight is 377 g/mol. The van der Waals surface area contributed by atoms with Crippen LogP contribution in [0.4, 0.5) is 0 Å². The lowest BCUT2D eigenvalue weighted by Gasteiger charge is -2.29. The van der Waals surface area contributed by atoms with Gasteiger partial charge in [-0.1, -0.05) is 30.3 Å². The lowest BCUT2D eigenvalue weighted by atomic mass is 10.0. The van der Waals surface area contributed by atoms with Gasteiger partial charge in [-0.3, -0.25) is 24.5 Å². The van der Waals surface area contributed by atoms with E-state index in [0.29, 0.717) is 17.5 Å². The van der Waals surface area contributed by atoms with Crippen molar-refractivity contribution in [2.24, 2.45) is 0 Å². The van der Waals surface area contributed by atoms with Gasteiger partial charge in [0, 0.05) is 30.6 Å². The number of hydrogen-bond acceptors (Lipinski definition) is 4. The molecule has 0 aromatic heterocycles. The van der Waals surface area contributed by atoms with E-state index in [-0.39, 0.29) is 37.2 Å². The second-order valence-electron chi connectivity index (χ2n) is 6.89. The number of imide groups is 1. The van der Waals surface area contributed by atoms with Crippen molar-refractivity contribution in [2.45, 2.75) is 32.0 Å². The first kappa shape index (κ1) is 17.9. The number of hydrogen-bond donors (Lipinski definition) is 2. The van der Waals surface area contributed by atoms with Crippen LogP contribution in [-0.4, -0.2) is 34.6 Å². The Hall–Kier alpha value is -3.48. The van der Waals surface area contributed by atoms with E-state index >= 15 is 0 Å². The summed E-state index contributed by atoms with van der Waals surface area (Å²) in [5.74, 6) is -1.16. The maximum Gasteiger partial charge on any atom is 0.255 e. The van der Waals surface area contributed by atoms with E-state index in [1.165, 1.54) is 4.90 Å². The van der Waals surface area contributed by atoms with Gasteiger partial charge in [0.05, 0.1) is 0 Å². The third-order valence-corrected chi connectivity index (χ3v) is 5.15. The topological polar surface area (TPSA) is 95.6 Å². The van der Waals surface area contributed by atoms with Crippen LogP contribution in [0.2, 0.25) is 0 Å². The predicted molar refractivity (Wildman–Crippen MR) is 100 cm³/mol. The fraction of sp³-hybridized carbons (Fsp3) is 0.238. The summed E-state index contributed by atoms with van der Waals surface area (Å²) in [4.78, 5) is 50.2. The van der Waals surface area contributed by atoms with Crippen molar-refractivity contribution >= 4 is 23.6 Å². The van der Waals surface area contributed by atoms with Gasteiger partial charge in [-0.2, -0.15) is 0 Å². The standard InChI is InChI=1S/C21H19N3O4/c25-18-10-9-17(20(27)23-18)24-12-16-14(7-4-8-15(16)21(24)28)11-22-19(26)13-5-2-1-3-6-13/h1-8,17H,9-12H2,(H,22,26)(H,23,25,27). The third kappa shape index (κ3) is 3.26. The third-order valence-electron chi connectivity index (χ3n) is 5.15. The Bertz CT molecular complexity index is 971. The van der Waals surface area contributed by atoms with Crippen LogP contribution >= 0.6 is 0 Å². The molecule has 2 aromatic carbocycles. The van der Waals surface area contributed by atoms with Gasteiger partial charge in [-0.05, 0) is 35.7 Å². The molecule has 7 heteroatoms. The Morgan fingerprint density at radius 1 is 1.07 bits per heavy atom. The second kappa shape index (κ2) is 7.26. The molecular weight excluding hydrogens is 358 g/mol. The van der Waals surface area contributed by atoms with E-state index in [9.17, 15) is 19.2 Å². The molecule has 2 N–H and O–H groups in total. The van der Waals surface area contributed by atoms with E-state index in [1.54, 1.807) is 36.4 Å². The van der Waals surface area contributed by atoms with Crippen LogP contribution in [0, 0.1) is 0 Å². The van der Waals surface area contributed by atoms with Crippen LogP contribution in [0.3, 0.4) is 0 Å². The number of benzene rings is 2. The molecule has 0 aliphatic carbocycles. The minimum absolute atomic E-state index is 0.190. The van der Waals surface area contributed by atoms with Crippen LogP contribution in [0.15, 0.2) is 48.5 Å². The molecule has 0 bridgehead atoms. The number of piperidine rings is 1. The van der Waals surface area contributed by atoms with Gasteiger partial charge in [-0.15, -0.1) is 0 Å². The molecule has 0 saturated carbocycles. The smallest absolute Gasteiger partial charge is 0.255 e. The molecular formula is C21H19N3O4. The van der Waals surface area contributed by atoms with Gasteiger partial charge >= 0.3 is 0 Å². The number of nitrogens with one attached hydrogen (secondary N) is 2. The molecule has 1 atom stereocenters. The summed E-state index contributed by atoms with van der Waals surface area (Å²) in [7, 11) is 0. The van der Waals surface area contributed by atoms with Gasteiger partial charge in [0.1, 0.15) is 6.04 Å². The Balaban J connectivity index is 1.51. The summed E-state index contributed by atoms with van der Waals surface area (Å²) in [6, 6.07) is 13.6. The molecule has 4 rings (SSSR count). The monoisotopic (exact) mass is 377 g/mol. The zero-order valence-electron chi connectivity index (χ0n) is 15.1. The predicted octanol–water partition coefficient (Wildman–Crippen LogP) is 1.38. The zero-order chi connectivity index (χ0) is 19.7. The second-order valence-corrected chi connectivity index (χ2v) is 6.89. The van der Waals surface area contributed by atoms with E-state index in [4.69, 9.17) is 0 Å². The van der Waals surface area contributed by atoms with Crippen LogP contribution < -0.4 is 10.6 Å². The van der Waals surface area contributed by atoms with Crippen molar-refractivity contribution in [3.63, 3.8) is 0 Å². The highest BCUT2D eigenvalue weighted by Gasteiger charge is 2.39. The molecule has 2 aliphatic rings. The van der Waals surface area contributed by atoms with E-state index in [2.05, 4.69) is 10.6 Å². The molecule has 0 spiro atoms. The molecule has 2 heterocycles. The van der Waals surface area contributed by atoms with Gasteiger partial charge in [0.2, 0.25) is 11.8 Å². The Kier molecular flexibility index (Phi) is 4.65. The number of carbonyl (C=O) groups excluding carboxylic acids is 4. The van der Waals surface area contributed by atoms with Crippen molar-refractivity contribution in [1.29, 1.82) is 0 Å². The minimum Gasteiger partial charge on any atom is -0.348 e. The summed E-state index contributed by atoms with van der Waals surface area (Å²) in [6.07, 6.45) is 0.543. The van der Waals surface area contributed by atoms with Crippen molar-refractivity contribution in [3.05, 3.63) is 70.8 Å².